The standard InChI is InChI=1S/C15H19N5O2/c1-4-9-20-18-15(17-19-20)16-14(21)12-5-7-13(8-6-12)22-10-11(2)3/h4-8,11H,1,9-10H2,2-3H3,(H,16,18,21). The maximum Gasteiger partial charge on any atom is 0.270 e. The Morgan fingerprint density at radius 3 is 2.77 bits per heavy atom. The lowest BCUT2D eigenvalue weighted by Crippen LogP contribution is -2.13. The highest BCUT2D eigenvalue weighted by Gasteiger charge is 2.10. The zero-order valence-electron chi connectivity index (χ0n) is 12.7. The molecule has 1 amide bonds. The number of carbonyl (C=O) groups excluding carboxylic acids is 1. The molecule has 0 fully saturated rings. The lowest BCUT2D eigenvalue weighted by molar-refractivity contribution is 0.102. The van der Waals surface area contributed by atoms with E-state index in [2.05, 4.69) is 41.2 Å². The second kappa shape index (κ2) is 7.35. The summed E-state index contributed by atoms with van der Waals surface area (Å²) in [5.74, 6) is 1.05. The van der Waals surface area contributed by atoms with Crippen molar-refractivity contribution < 1.29 is 9.53 Å². The van der Waals surface area contributed by atoms with Gasteiger partial charge in [-0.05, 0) is 35.4 Å². The largest absolute Gasteiger partial charge is 0.493 e. The first-order chi connectivity index (χ1) is 10.6. The molecular weight excluding hydrogens is 282 g/mol. The zero-order chi connectivity index (χ0) is 15.9. The van der Waals surface area contributed by atoms with Gasteiger partial charge in [-0.2, -0.15) is 4.80 Å². The number of rotatable bonds is 7. The Bertz CT molecular complexity index is 634. The van der Waals surface area contributed by atoms with Crippen molar-refractivity contribution in [1.82, 2.24) is 20.2 Å². The maximum atomic E-state index is 12.1. The molecule has 116 valence electrons. The third-order valence-corrected chi connectivity index (χ3v) is 2.67. The molecule has 1 aromatic carbocycles. The number of aromatic nitrogens is 4. The number of carbonyl (C=O) groups is 1. The SMILES string of the molecule is C=CCn1nnc(NC(=O)c2ccc(OCC(C)C)cc2)n1. The van der Waals surface area contributed by atoms with Gasteiger partial charge in [0.2, 0.25) is 0 Å². The Morgan fingerprint density at radius 1 is 1.41 bits per heavy atom. The van der Waals surface area contributed by atoms with Crippen LogP contribution in [0.15, 0.2) is 36.9 Å². The highest BCUT2D eigenvalue weighted by atomic mass is 16.5. The maximum absolute atomic E-state index is 12.1. The van der Waals surface area contributed by atoms with Crippen molar-refractivity contribution in [2.24, 2.45) is 5.92 Å². The topological polar surface area (TPSA) is 81.9 Å². The Morgan fingerprint density at radius 2 is 2.14 bits per heavy atom. The van der Waals surface area contributed by atoms with E-state index in [1.165, 1.54) is 4.80 Å². The van der Waals surface area contributed by atoms with Crippen LogP contribution in [-0.4, -0.2) is 32.7 Å². The van der Waals surface area contributed by atoms with Crippen LogP contribution in [0.5, 0.6) is 5.75 Å². The number of nitrogens with one attached hydrogen (secondary N) is 1. The average Bonchev–Trinajstić information content (AvgIpc) is 2.93. The molecule has 1 heterocycles. The molecule has 0 spiro atoms. The molecule has 0 aliphatic carbocycles. The van der Waals surface area contributed by atoms with Crippen LogP contribution in [0.4, 0.5) is 5.95 Å². The van der Waals surface area contributed by atoms with Crippen molar-refractivity contribution in [3.63, 3.8) is 0 Å². The van der Waals surface area contributed by atoms with E-state index in [1.807, 2.05) is 0 Å². The molecular formula is C15H19N5O2. The summed E-state index contributed by atoms with van der Waals surface area (Å²) in [7, 11) is 0. The van der Waals surface area contributed by atoms with Gasteiger partial charge in [-0.1, -0.05) is 25.0 Å². The predicted octanol–water partition coefficient (Wildman–Crippen LogP) is 2.15. The van der Waals surface area contributed by atoms with E-state index < -0.39 is 0 Å². The first-order valence-electron chi connectivity index (χ1n) is 7.01. The van der Waals surface area contributed by atoms with Gasteiger partial charge in [0.1, 0.15) is 5.75 Å². The summed E-state index contributed by atoms with van der Waals surface area (Å²) >= 11 is 0. The molecule has 22 heavy (non-hydrogen) atoms. The summed E-state index contributed by atoms with van der Waals surface area (Å²) in [5.41, 5.74) is 0.497. The molecule has 0 unspecified atom stereocenters. The monoisotopic (exact) mass is 301 g/mol. The Hall–Kier alpha value is -2.70. The molecule has 7 heteroatoms. The quantitative estimate of drug-likeness (QED) is 0.792. The van der Waals surface area contributed by atoms with Gasteiger partial charge in [0.25, 0.3) is 11.9 Å². The minimum absolute atomic E-state index is 0.159. The average molecular weight is 301 g/mol. The predicted molar refractivity (Wildman–Crippen MR) is 82.7 cm³/mol. The van der Waals surface area contributed by atoms with Crippen molar-refractivity contribution in [1.29, 1.82) is 0 Å². The van der Waals surface area contributed by atoms with Crippen LogP contribution in [0.3, 0.4) is 0 Å². The molecule has 0 radical (unpaired) electrons. The van der Waals surface area contributed by atoms with Gasteiger partial charge in [-0.15, -0.1) is 11.7 Å². The van der Waals surface area contributed by atoms with E-state index >= 15 is 0 Å². The number of hydrogen-bond donors (Lipinski definition) is 1. The third kappa shape index (κ3) is 4.41. The first-order valence-corrected chi connectivity index (χ1v) is 7.01. The zero-order valence-corrected chi connectivity index (χ0v) is 12.7. The van der Waals surface area contributed by atoms with E-state index in [0.29, 0.717) is 24.6 Å². The molecule has 1 N–H and O–H groups in total. The Kier molecular flexibility index (Phi) is 5.24. The molecule has 2 aromatic rings. The molecule has 0 saturated heterocycles. The molecule has 1 aromatic heterocycles. The Labute approximate surface area is 129 Å². The molecule has 0 aliphatic rings. The van der Waals surface area contributed by atoms with Gasteiger partial charge in [0, 0.05) is 5.56 Å². The van der Waals surface area contributed by atoms with Gasteiger partial charge in [0.05, 0.1) is 13.2 Å². The molecule has 0 atom stereocenters. The number of tetrazole rings is 1. The number of allylic oxidation sites excluding steroid dienone is 1. The van der Waals surface area contributed by atoms with Crippen molar-refractivity contribution in [3.05, 3.63) is 42.5 Å². The second-order valence-corrected chi connectivity index (χ2v) is 5.14. The highest BCUT2D eigenvalue weighted by Crippen LogP contribution is 2.14. The number of amides is 1. The van der Waals surface area contributed by atoms with E-state index in [9.17, 15) is 4.79 Å². The van der Waals surface area contributed by atoms with Gasteiger partial charge in [-0.3, -0.25) is 10.1 Å². The fourth-order valence-corrected chi connectivity index (χ4v) is 1.63. The van der Waals surface area contributed by atoms with E-state index in [-0.39, 0.29) is 11.9 Å². The lowest BCUT2D eigenvalue weighted by Gasteiger charge is -2.08. The van der Waals surface area contributed by atoms with E-state index in [4.69, 9.17) is 4.74 Å². The molecule has 2 rings (SSSR count). The number of anilines is 1. The van der Waals surface area contributed by atoms with Crippen LogP contribution < -0.4 is 10.1 Å². The fraction of sp³-hybridized carbons (Fsp3) is 0.333. The van der Waals surface area contributed by atoms with Crippen LogP contribution in [-0.2, 0) is 6.54 Å². The van der Waals surface area contributed by atoms with Crippen molar-refractivity contribution in [2.45, 2.75) is 20.4 Å². The fourth-order valence-electron chi connectivity index (χ4n) is 1.63. The lowest BCUT2D eigenvalue weighted by atomic mass is 10.2. The van der Waals surface area contributed by atoms with E-state index in [0.717, 1.165) is 5.75 Å². The normalized spacial score (nSPS) is 10.5. The summed E-state index contributed by atoms with van der Waals surface area (Å²) in [6.07, 6.45) is 1.64. The van der Waals surface area contributed by atoms with Crippen molar-refractivity contribution in [3.8, 4) is 5.75 Å². The van der Waals surface area contributed by atoms with Crippen LogP contribution >= 0.6 is 0 Å². The van der Waals surface area contributed by atoms with Crippen LogP contribution in [0.25, 0.3) is 0 Å². The van der Waals surface area contributed by atoms with Crippen molar-refractivity contribution in [2.75, 3.05) is 11.9 Å². The van der Waals surface area contributed by atoms with Crippen LogP contribution in [0, 0.1) is 5.92 Å². The third-order valence-electron chi connectivity index (χ3n) is 2.67. The minimum Gasteiger partial charge on any atom is -0.493 e. The number of nitrogens with zero attached hydrogens (tertiary/aromatic N) is 4. The number of ether oxygens (including phenoxy) is 1. The van der Waals surface area contributed by atoms with Crippen LogP contribution in [0.2, 0.25) is 0 Å². The summed E-state index contributed by atoms with van der Waals surface area (Å²) in [6.45, 7) is 8.81. The smallest absolute Gasteiger partial charge is 0.270 e. The van der Waals surface area contributed by atoms with Crippen molar-refractivity contribution >= 4 is 11.9 Å². The minimum atomic E-state index is -0.298. The van der Waals surface area contributed by atoms with Gasteiger partial charge >= 0.3 is 0 Å². The molecule has 0 bridgehead atoms. The van der Waals surface area contributed by atoms with Gasteiger partial charge in [-0.25, -0.2) is 0 Å². The molecule has 0 saturated carbocycles. The van der Waals surface area contributed by atoms with Gasteiger partial charge in [0.15, 0.2) is 0 Å². The Balaban J connectivity index is 1.95. The summed E-state index contributed by atoms with van der Waals surface area (Å²) < 4.78 is 5.57. The van der Waals surface area contributed by atoms with Crippen LogP contribution in [0.1, 0.15) is 24.2 Å². The summed E-state index contributed by atoms with van der Waals surface area (Å²) in [4.78, 5) is 13.4. The number of hydrogen-bond acceptors (Lipinski definition) is 5. The molecule has 0 aliphatic heterocycles. The number of benzene rings is 1. The van der Waals surface area contributed by atoms with Gasteiger partial charge < -0.3 is 4.74 Å². The molecule has 7 nitrogen and oxygen atoms in total. The first kappa shape index (κ1) is 15.7. The second-order valence-electron chi connectivity index (χ2n) is 5.14. The van der Waals surface area contributed by atoms with E-state index in [1.54, 1.807) is 30.3 Å². The highest BCUT2D eigenvalue weighted by molar-refractivity contribution is 6.03. The summed E-state index contributed by atoms with van der Waals surface area (Å²) in [5, 5.41) is 14.1. The summed E-state index contributed by atoms with van der Waals surface area (Å²) in [6, 6.07) is 6.91.